The Labute approximate surface area is 146 Å². The van der Waals surface area contributed by atoms with E-state index in [4.69, 9.17) is 4.74 Å². The van der Waals surface area contributed by atoms with Gasteiger partial charge in [0.1, 0.15) is 0 Å². The summed E-state index contributed by atoms with van der Waals surface area (Å²) in [6.45, 7) is 2.94. The predicted octanol–water partition coefficient (Wildman–Crippen LogP) is 2.32. The minimum atomic E-state index is 0.0181. The van der Waals surface area contributed by atoms with Gasteiger partial charge in [-0.05, 0) is 38.4 Å². The van der Waals surface area contributed by atoms with Crippen molar-refractivity contribution in [1.82, 2.24) is 20.0 Å². The fourth-order valence-corrected chi connectivity index (χ4v) is 3.59. The van der Waals surface area contributed by atoms with Crippen molar-refractivity contribution in [1.29, 1.82) is 0 Å². The minimum Gasteiger partial charge on any atom is -0.376 e. The number of H-pyrrole nitrogens is 1. The van der Waals surface area contributed by atoms with Gasteiger partial charge in [0.2, 0.25) is 0 Å². The number of hydrogen-bond acceptors (Lipinski definition) is 5. The zero-order chi connectivity index (χ0) is 16.9. The summed E-state index contributed by atoms with van der Waals surface area (Å²) in [4.78, 5) is 18.1. The molecular formula is C17H24N4O2S. The molecule has 0 radical (unpaired) electrons. The van der Waals surface area contributed by atoms with Gasteiger partial charge in [0.05, 0.1) is 28.4 Å². The van der Waals surface area contributed by atoms with E-state index in [9.17, 15) is 4.79 Å². The molecule has 24 heavy (non-hydrogen) atoms. The van der Waals surface area contributed by atoms with Gasteiger partial charge < -0.3 is 14.5 Å². The van der Waals surface area contributed by atoms with Crippen molar-refractivity contribution >= 4 is 17.2 Å². The summed E-state index contributed by atoms with van der Waals surface area (Å²) in [6, 6.07) is 3.98. The second kappa shape index (κ2) is 7.92. The molecule has 0 aromatic carbocycles. The number of thiophene rings is 1. The van der Waals surface area contributed by atoms with Crippen molar-refractivity contribution in [3.8, 4) is 10.6 Å². The Balaban J connectivity index is 1.78. The van der Waals surface area contributed by atoms with Crippen LogP contribution >= 0.6 is 11.3 Å². The predicted molar refractivity (Wildman–Crippen MR) is 95.3 cm³/mol. The number of rotatable bonds is 7. The Morgan fingerprint density at radius 3 is 3.00 bits per heavy atom. The molecular weight excluding hydrogens is 324 g/mol. The smallest absolute Gasteiger partial charge is 0.257 e. The molecule has 7 heteroatoms. The first-order valence-corrected chi connectivity index (χ1v) is 9.16. The maximum Gasteiger partial charge on any atom is 0.257 e. The van der Waals surface area contributed by atoms with Crippen molar-refractivity contribution in [2.45, 2.75) is 18.9 Å². The number of likely N-dealkylation sites (N-methyl/N-ethyl adjacent to an activating group) is 1. The summed E-state index contributed by atoms with van der Waals surface area (Å²) in [5.41, 5.74) is 1.44. The lowest BCUT2D eigenvalue weighted by atomic mass is 10.1. The van der Waals surface area contributed by atoms with Gasteiger partial charge in [-0.3, -0.25) is 9.89 Å². The third-order valence-corrected chi connectivity index (χ3v) is 5.08. The van der Waals surface area contributed by atoms with Crippen LogP contribution in [0.25, 0.3) is 10.6 Å². The Morgan fingerprint density at radius 2 is 2.33 bits per heavy atom. The average molecular weight is 348 g/mol. The van der Waals surface area contributed by atoms with Crippen LogP contribution < -0.4 is 0 Å². The number of amides is 1. The molecule has 1 aliphatic rings. The molecule has 2 aromatic heterocycles. The van der Waals surface area contributed by atoms with Crippen molar-refractivity contribution in [2.75, 3.05) is 40.3 Å². The van der Waals surface area contributed by atoms with Crippen LogP contribution in [0, 0.1) is 0 Å². The summed E-state index contributed by atoms with van der Waals surface area (Å²) >= 11 is 1.60. The van der Waals surface area contributed by atoms with Crippen LogP contribution in [0.5, 0.6) is 0 Å². The highest BCUT2D eigenvalue weighted by Gasteiger charge is 2.26. The molecule has 0 unspecified atom stereocenters. The molecule has 3 heterocycles. The van der Waals surface area contributed by atoms with Crippen LogP contribution in [0.1, 0.15) is 23.2 Å². The molecule has 1 fully saturated rings. The van der Waals surface area contributed by atoms with Crippen LogP contribution in [-0.2, 0) is 4.74 Å². The molecule has 2 aromatic rings. The normalized spacial score (nSPS) is 17.5. The van der Waals surface area contributed by atoms with E-state index in [1.807, 2.05) is 36.5 Å². The number of aromatic nitrogens is 2. The summed E-state index contributed by atoms with van der Waals surface area (Å²) in [7, 11) is 4.04. The molecule has 1 atom stereocenters. The second-order valence-corrected chi connectivity index (χ2v) is 7.27. The van der Waals surface area contributed by atoms with Gasteiger partial charge in [-0.2, -0.15) is 5.10 Å². The third-order valence-electron chi connectivity index (χ3n) is 4.19. The van der Waals surface area contributed by atoms with E-state index in [1.54, 1.807) is 17.5 Å². The summed E-state index contributed by atoms with van der Waals surface area (Å²) < 4.78 is 5.73. The minimum absolute atomic E-state index is 0.0181. The summed E-state index contributed by atoms with van der Waals surface area (Å²) in [6.07, 6.45) is 3.88. The number of hydrogen-bond donors (Lipinski definition) is 1. The molecule has 6 nitrogen and oxygen atoms in total. The Bertz CT molecular complexity index is 647. The third kappa shape index (κ3) is 4.03. The molecule has 0 spiro atoms. The molecule has 130 valence electrons. The second-order valence-electron chi connectivity index (χ2n) is 6.33. The van der Waals surface area contributed by atoms with Gasteiger partial charge in [0.25, 0.3) is 5.91 Å². The van der Waals surface area contributed by atoms with Crippen LogP contribution in [0.2, 0.25) is 0 Å². The first-order valence-electron chi connectivity index (χ1n) is 8.28. The van der Waals surface area contributed by atoms with Gasteiger partial charge >= 0.3 is 0 Å². The first-order chi connectivity index (χ1) is 11.6. The fraction of sp³-hybridized carbons (Fsp3) is 0.529. The van der Waals surface area contributed by atoms with E-state index < -0.39 is 0 Å². The zero-order valence-electron chi connectivity index (χ0n) is 14.2. The molecule has 1 amide bonds. The molecule has 3 rings (SSSR count). The maximum absolute atomic E-state index is 13.1. The lowest BCUT2D eigenvalue weighted by Gasteiger charge is -2.26. The van der Waals surface area contributed by atoms with Gasteiger partial charge in [-0.1, -0.05) is 6.07 Å². The largest absolute Gasteiger partial charge is 0.376 e. The van der Waals surface area contributed by atoms with Crippen molar-refractivity contribution in [3.05, 3.63) is 29.3 Å². The Morgan fingerprint density at radius 1 is 1.46 bits per heavy atom. The van der Waals surface area contributed by atoms with E-state index in [1.165, 1.54) is 0 Å². The van der Waals surface area contributed by atoms with Gasteiger partial charge in [0.15, 0.2) is 0 Å². The topological polar surface area (TPSA) is 61.5 Å². The molecule has 1 saturated heterocycles. The van der Waals surface area contributed by atoms with Crippen LogP contribution in [0.4, 0.5) is 0 Å². The number of ether oxygens (including phenoxy) is 1. The zero-order valence-corrected chi connectivity index (χ0v) is 15.0. The number of nitrogens with zero attached hydrogens (tertiary/aromatic N) is 3. The molecule has 1 aliphatic heterocycles. The van der Waals surface area contributed by atoms with Crippen LogP contribution in [0.15, 0.2) is 23.7 Å². The summed E-state index contributed by atoms with van der Waals surface area (Å²) in [5.74, 6) is 0.0181. The molecule has 1 N–H and O–H groups in total. The maximum atomic E-state index is 13.1. The van der Waals surface area contributed by atoms with Gasteiger partial charge in [-0.15, -0.1) is 11.3 Å². The van der Waals surface area contributed by atoms with Crippen LogP contribution in [0.3, 0.4) is 0 Å². The van der Waals surface area contributed by atoms with Crippen LogP contribution in [-0.4, -0.2) is 72.3 Å². The van der Waals surface area contributed by atoms with Crippen molar-refractivity contribution < 1.29 is 9.53 Å². The monoisotopic (exact) mass is 348 g/mol. The standard InChI is InChI=1S/C17H24N4O2S/c1-20(2)7-8-21(12-13-5-3-9-23-13)17(22)14-11-18-19-16(14)15-6-4-10-24-15/h4,6,10-11,13H,3,5,7-9,12H2,1-2H3,(H,18,19)/t13-/m0/s1. The Kier molecular flexibility index (Phi) is 5.65. The quantitative estimate of drug-likeness (QED) is 0.834. The molecule has 0 aliphatic carbocycles. The SMILES string of the molecule is CN(C)CCN(C[C@@H]1CCCO1)C(=O)c1cn[nH]c1-c1cccs1. The number of aromatic amines is 1. The number of nitrogens with one attached hydrogen (secondary N) is 1. The molecule has 0 saturated carbocycles. The fourth-order valence-electron chi connectivity index (χ4n) is 2.86. The van der Waals surface area contributed by atoms with Crippen molar-refractivity contribution in [3.63, 3.8) is 0 Å². The molecule has 0 bridgehead atoms. The first kappa shape index (κ1) is 17.1. The number of carbonyl (C=O) groups excluding carboxylic acids is 1. The lowest BCUT2D eigenvalue weighted by molar-refractivity contribution is 0.0513. The van der Waals surface area contributed by atoms with Crippen molar-refractivity contribution in [2.24, 2.45) is 0 Å². The highest BCUT2D eigenvalue weighted by Crippen LogP contribution is 2.27. The van der Waals surface area contributed by atoms with Gasteiger partial charge in [-0.25, -0.2) is 0 Å². The van der Waals surface area contributed by atoms with Gasteiger partial charge in [0, 0.05) is 26.2 Å². The highest BCUT2D eigenvalue weighted by atomic mass is 32.1. The average Bonchev–Trinajstić information content (AvgIpc) is 3.32. The van der Waals surface area contributed by atoms with E-state index >= 15 is 0 Å². The lowest BCUT2D eigenvalue weighted by Crippen LogP contribution is -2.41. The van der Waals surface area contributed by atoms with E-state index in [0.29, 0.717) is 18.7 Å². The van der Waals surface area contributed by atoms with E-state index in [0.717, 1.165) is 36.6 Å². The summed E-state index contributed by atoms with van der Waals surface area (Å²) in [5, 5.41) is 9.08. The van der Waals surface area contributed by atoms with E-state index in [2.05, 4.69) is 15.1 Å². The Hall–Kier alpha value is -1.70. The number of carbonyl (C=O) groups is 1. The highest BCUT2D eigenvalue weighted by molar-refractivity contribution is 7.13. The van der Waals surface area contributed by atoms with E-state index in [-0.39, 0.29) is 12.0 Å².